The maximum Gasteiger partial charge on any atom is 0.261 e. The van der Waals surface area contributed by atoms with Crippen LogP contribution in [0.4, 0.5) is 5.82 Å². The van der Waals surface area contributed by atoms with Gasteiger partial charge in [-0.15, -0.1) is 0 Å². The van der Waals surface area contributed by atoms with E-state index < -0.39 is 0 Å². The number of hydrogen-bond acceptors (Lipinski definition) is 7. The van der Waals surface area contributed by atoms with Crippen LogP contribution in [-0.4, -0.2) is 85.6 Å². The number of nitrogens with one attached hydrogen (secondary N) is 1. The van der Waals surface area contributed by atoms with Gasteiger partial charge in [-0.2, -0.15) is 0 Å². The standard InChI is InChI=1S/C20H27ClN4O4/c1-24-9-10-25(13-16(24)7-11-26)20(27)17-18(14-3-5-15(21)6-4-14)29-23-19(17)22-8-12-28-2/h3-6,16,26H,7-13H2,1-2H3,(H,22,23). The summed E-state index contributed by atoms with van der Waals surface area (Å²) >= 11 is 6.00. The van der Waals surface area contributed by atoms with Crippen molar-refractivity contribution < 1.29 is 19.2 Å². The number of aromatic nitrogens is 1. The van der Waals surface area contributed by atoms with Crippen molar-refractivity contribution in [1.82, 2.24) is 15.0 Å². The largest absolute Gasteiger partial charge is 0.396 e. The van der Waals surface area contributed by atoms with Gasteiger partial charge in [0, 0.05) is 56.5 Å². The first-order chi connectivity index (χ1) is 14.0. The quantitative estimate of drug-likeness (QED) is 0.630. The second-order valence-electron chi connectivity index (χ2n) is 7.06. The molecule has 1 fully saturated rings. The van der Waals surface area contributed by atoms with E-state index in [0.717, 1.165) is 12.1 Å². The van der Waals surface area contributed by atoms with E-state index in [-0.39, 0.29) is 18.6 Å². The van der Waals surface area contributed by atoms with Gasteiger partial charge in [0.05, 0.1) is 6.61 Å². The van der Waals surface area contributed by atoms with E-state index in [9.17, 15) is 9.90 Å². The number of ether oxygens (including phenoxy) is 1. The second kappa shape index (κ2) is 10.1. The monoisotopic (exact) mass is 422 g/mol. The third-order valence-corrected chi connectivity index (χ3v) is 5.39. The minimum absolute atomic E-state index is 0.0875. The van der Waals surface area contributed by atoms with Gasteiger partial charge in [0.1, 0.15) is 5.56 Å². The number of benzene rings is 1. The van der Waals surface area contributed by atoms with Crippen LogP contribution >= 0.6 is 11.6 Å². The van der Waals surface area contributed by atoms with Crippen molar-refractivity contribution >= 4 is 23.3 Å². The number of carbonyl (C=O) groups excluding carboxylic acids is 1. The summed E-state index contributed by atoms with van der Waals surface area (Å²) in [7, 11) is 3.62. The fraction of sp³-hybridized carbons (Fsp3) is 0.500. The molecule has 29 heavy (non-hydrogen) atoms. The van der Waals surface area contributed by atoms with Crippen molar-refractivity contribution in [2.45, 2.75) is 12.5 Å². The molecule has 1 atom stereocenters. The molecule has 1 aromatic heterocycles. The molecule has 0 saturated carbocycles. The van der Waals surface area contributed by atoms with Crippen LogP contribution in [0.1, 0.15) is 16.8 Å². The Bertz CT molecular complexity index is 811. The molecule has 2 heterocycles. The number of halogens is 1. The van der Waals surface area contributed by atoms with Gasteiger partial charge < -0.3 is 24.6 Å². The van der Waals surface area contributed by atoms with E-state index in [1.807, 2.05) is 7.05 Å². The van der Waals surface area contributed by atoms with Crippen molar-refractivity contribution in [1.29, 1.82) is 0 Å². The zero-order valence-electron chi connectivity index (χ0n) is 16.7. The minimum Gasteiger partial charge on any atom is -0.396 e. The Morgan fingerprint density at radius 1 is 1.38 bits per heavy atom. The first-order valence-corrected chi connectivity index (χ1v) is 10.0. The molecule has 2 N–H and O–H groups in total. The van der Waals surface area contributed by atoms with Crippen molar-refractivity contribution in [3.05, 3.63) is 34.9 Å². The van der Waals surface area contributed by atoms with Crippen LogP contribution in [-0.2, 0) is 4.74 Å². The Kier molecular flexibility index (Phi) is 7.49. The van der Waals surface area contributed by atoms with E-state index >= 15 is 0 Å². The summed E-state index contributed by atoms with van der Waals surface area (Å²) in [6, 6.07) is 7.22. The molecule has 1 amide bonds. The summed E-state index contributed by atoms with van der Waals surface area (Å²) in [4.78, 5) is 17.5. The predicted octanol–water partition coefficient (Wildman–Crippen LogP) is 2.19. The van der Waals surface area contributed by atoms with Crippen molar-refractivity contribution in [2.24, 2.45) is 0 Å². The summed E-state index contributed by atoms with van der Waals surface area (Å²) in [6.45, 7) is 2.94. The number of rotatable bonds is 8. The SMILES string of the molecule is COCCNc1noc(-c2ccc(Cl)cc2)c1C(=O)N1CCN(C)C(CCO)C1. The molecule has 1 aromatic carbocycles. The summed E-state index contributed by atoms with van der Waals surface area (Å²) in [6.07, 6.45) is 0.618. The third-order valence-electron chi connectivity index (χ3n) is 5.14. The van der Waals surface area contributed by atoms with Gasteiger partial charge in [-0.1, -0.05) is 16.8 Å². The topological polar surface area (TPSA) is 91.1 Å². The fourth-order valence-electron chi connectivity index (χ4n) is 3.43. The molecule has 3 rings (SSSR count). The number of hydrogen-bond donors (Lipinski definition) is 2. The smallest absolute Gasteiger partial charge is 0.261 e. The average molecular weight is 423 g/mol. The Labute approximate surface area is 175 Å². The third kappa shape index (κ3) is 5.08. The Hall–Kier alpha value is -2.13. The van der Waals surface area contributed by atoms with Crippen molar-refractivity contribution in [3.63, 3.8) is 0 Å². The number of amides is 1. The summed E-state index contributed by atoms with van der Waals surface area (Å²) in [5.41, 5.74) is 1.13. The highest BCUT2D eigenvalue weighted by Gasteiger charge is 2.32. The van der Waals surface area contributed by atoms with Gasteiger partial charge in [-0.25, -0.2) is 0 Å². The lowest BCUT2D eigenvalue weighted by Gasteiger charge is -2.39. The van der Waals surface area contributed by atoms with Crippen LogP contribution < -0.4 is 5.32 Å². The molecule has 9 heteroatoms. The highest BCUT2D eigenvalue weighted by atomic mass is 35.5. The number of nitrogens with zero attached hydrogens (tertiary/aromatic N) is 3. The number of aliphatic hydroxyl groups excluding tert-OH is 1. The molecule has 1 unspecified atom stereocenters. The molecular formula is C20H27ClN4O4. The zero-order valence-corrected chi connectivity index (χ0v) is 17.5. The maximum absolute atomic E-state index is 13.5. The van der Waals surface area contributed by atoms with E-state index in [2.05, 4.69) is 15.4 Å². The molecule has 1 aliphatic rings. The van der Waals surface area contributed by atoms with Gasteiger partial charge in [0.15, 0.2) is 11.6 Å². The first-order valence-electron chi connectivity index (χ1n) is 9.64. The molecule has 2 aromatic rings. The van der Waals surface area contributed by atoms with E-state index in [1.165, 1.54) is 0 Å². The van der Waals surface area contributed by atoms with Gasteiger partial charge in [0.25, 0.3) is 5.91 Å². The minimum atomic E-state index is -0.146. The molecule has 0 radical (unpaired) electrons. The summed E-state index contributed by atoms with van der Waals surface area (Å²) in [5, 5.41) is 17.2. The van der Waals surface area contributed by atoms with E-state index in [4.69, 9.17) is 20.9 Å². The van der Waals surface area contributed by atoms with E-state index in [1.54, 1.807) is 36.3 Å². The normalized spacial score (nSPS) is 17.5. The lowest BCUT2D eigenvalue weighted by atomic mass is 10.0. The number of methoxy groups -OCH3 is 1. The van der Waals surface area contributed by atoms with Crippen LogP contribution in [0.3, 0.4) is 0 Å². The number of likely N-dealkylation sites (N-methyl/N-ethyl adjacent to an activating group) is 1. The van der Waals surface area contributed by atoms with Gasteiger partial charge in [-0.3, -0.25) is 9.69 Å². The molecule has 158 valence electrons. The molecule has 1 aliphatic heterocycles. The number of piperazine rings is 1. The lowest BCUT2D eigenvalue weighted by molar-refractivity contribution is 0.0501. The van der Waals surface area contributed by atoms with Crippen molar-refractivity contribution in [2.75, 3.05) is 58.9 Å². The summed E-state index contributed by atoms with van der Waals surface area (Å²) in [5.74, 6) is 0.658. The Morgan fingerprint density at radius 3 is 2.83 bits per heavy atom. The lowest BCUT2D eigenvalue weighted by Crippen LogP contribution is -2.53. The highest BCUT2D eigenvalue weighted by Crippen LogP contribution is 2.32. The van der Waals surface area contributed by atoms with Gasteiger partial charge >= 0.3 is 0 Å². The molecule has 8 nitrogen and oxygen atoms in total. The average Bonchev–Trinajstić information content (AvgIpc) is 3.14. The molecule has 1 saturated heterocycles. The molecular weight excluding hydrogens is 396 g/mol. The Balaban J connectivity index is 1.91. The molecule has 0 spiro atoms. The summed E-state index contributed by atoms with van der Waals surface area (Å²) < 4.78 is 10.6. The van der Waals surface area contributed by atoms with Crippen molar-refractivity contribution in [3.8, 4) is 11.3 Å². The van der Waals surface area contributed by atoms with Crippen LogP contribution in [0.15, 0.2) is 28.8 Å². The van der Waals surface area contributed by atoms with E-state index in [0.29, 0.717) is 54.8 Å². The first kappa shape index (κ1) is 21.6. The predicted molar refractivity (Wildman–Crippen MR) is 111 cm³/mol. The molecule has 0 bridgehead atoms. The number of aliphatic hydroxyl groups is 1. The highest BCUT2D eigenvalue weighted by molar-refractivity contribution is 6.30. The van der Waals surface area contributed by atoms with Crippen LogP contribution in [0.5, 0.6) is 0 Å². The second-order valence-corrected chi connectivity index (χ2v) is 7.50. The number of carbonyl (C=O) groups is 1. The van der Waals surface area contributed by atoms with Crippen LogP contribution in [0.25, 0.3) is 11.3 Å². The van der Waals surface area contributed by atoms with Crippen LogP contribution in [0.2, 0.25) is 5.02 Å². The molecule has 0 aliphatic carbocycles. The number of anilines is 1. The van der Waals surface area contributed by atoms with Gasteiger partial charge in [0.2, 0.25) is 0 Å². The Morgan fingerprint density at radius 2 is 2.14 bits per heavy atom. The van der Waals surface area contributed by atoms with Gasteiger partial charge in [-0.05, 0) is 37.7 Å². The zero-order chi connectivity index (χ0) is 20.8. The van der Waals surface area contributed by atoms with Crippen LogP contribution in [0, 0.1) is 0 Å². The maximum atomic E-state index is 13.5. The fourth-order valence-corrected chi connectivity index (χ4v) is 3.55.